The summed E-state index contributed by atoms with van der Waals surface area (Å²) in [6.07, 6.45) is 1.69. The van der Waals surface area contributed by atoms with Crippen LogP contribution in [0.25, 0.3) is 0 Å². The van der Waals surface area contributed by atoms with Crippen molar-refractivity contribution >= 4 is 12.3 Å². The number of nitrogens with zero attached hydrogens (tertiary/aromatic N) is 1. The van der Waals surface area contributed by atoms with Gasteiger partial charge in [-0.1, -0.05) is 30.3 Å². The van der Waals surface area contributed by atoms with Gasteiger partial charge in [0.15, 0.2) is 0 Å². The molecule has 0 bridgehead atoms. The van der Waals surface area contributed by atoms with E-state index in [-0.39, 0.29) is 0 Å². The Labute approximate surface area is 83.4 Å². The van der Waals surface area contributed by atoms with Crippen LogP contribution in [0, 0.1) is 0 Å². The molecule has 0 aliphatic heterocycles. The Morgan fingerprint density at radius 2 is 2.14 bits per heavy atom. The third kappa shape index (κ3) is 3.85. The lowest BCUT2D eigenvalue weighted by molar-refractivity contribution is 0.163. The molecule has 0 heterocycles. The smallest absolute Gasteiger partial charge is 0.433 e. The summed E-state index contributed by atoms with van der Waals surface area (Å²) in [4.78, 5) is 14.4. The molecular formula is C11H13NO2. The molecule has 74 valence electrons. The molecule has 1 aromatic carbocycles. The van der Waals surface area contributed by atoms with Gasteiger partial charge < -0.3 is 4.74 Å². The van der Waals surface area contributed by atoms with E-state index in [9.17, 15) is 4.79 Å². The summed E-state index contributed by atoms with van der Waals surface area (Å²) < 4.78 is 4.64. The number of carbonyl (C=O) groups is 1. The van der Waals surface area contributed by atoms with Crippen molar-refractivity contribution in [3.8, 4) is 0 Å². The molecule has 3 heteroatoms. The molecule has 0 atom stereocenters. The predicted molar refractivity (Wildman–Crippen MR) is 55.7 cm³/mol. The van der Waals surface area contributed by atoms with Crippen molar-refractivity contribution in [3.05, 3.63) is 35.9 Å². The summed E-state index contributed by atoms with van der Waals surface area (Å²) in [7, 11) is 0. The van der Waals surface area contributed by atoms with Crippen LogP contribution in [-0.2, 0) is 11.2 Å². The molecule has 0 saturated carbocycles. The maximum absolute atomic E-state index is 10.8. The summed E-state index contributed by atoms with van der Waals surface area (Å²) in [6, 6.07) is 9.82. The topological polar surface area (TPSA) is 38.7 Å². The van der Waals surface area contributed by atoms with E-state index < -0.39 is 6.09 Å². The minimum atomic E-state index is -0.525. The fourth-order valence-electron chi connectivity index (χ4n) is 1.00. The molecule has 0 fully saturated rings. The Balaban J connectivity index is 2.37. The highest BCUT2D eigenvalue weighted by Crippen LogP contribution is 1.97. The second-order valence-corrected chi connectivity index (χ2v) is 2.70. The number of aliphatic imine (C=N–C) groups is 1. The SMILES string of the molecule is CCOC(=O)N=CCc1ccccc1. The van der Waals surface area contributed by atoms with Crippen LogP contribution in [0.15, 0.2) is 35.3 Å². The van der Waals surface area contributed by atoms with Crippen LogP contribution < -0.4 is 0 Å². The minimum absolute atomic E-state index is 0.363. The van der Waals surface area contributed by atoms with Crippen molar-refractivity contribution < 1.29 is 9.53 Å². The number of ether oxygens (including phenoxy) is 1. The van der Waals surface area contributed by atoms with E-state index in [0.717, 1.165) is 5.56 Å². The average molecular weight is 191 g/mol. The maximum Gasteiger partial charge on any atom is 0.433 e. The lowest BCUT2D eigenvalue weighted by atomic mass is 10.2. The monoisotopic (exact) mass is 191 g/mol. The zero-order valence-corrected chi connectivity index (χ0v) is 8.14. The van der Waals surface area contributed by atoms with Gasteiger partial charge in [0.2, 0.25) is 0 Å². The second-order valence-electron chi connectivity index (χ2n) is 2.70. The van der Waals surface area contributed by atoms with E-state index in [1.165, 1.54) is 0 Å². The fourth-order valence-corrected chi connectivity index (χ4v) is 1.00. The van der Waals surface area contributed by atoms with E-state index >= 15 is 0 Å². The number of hydrogen-bond acceptors (Lipinski definition) is 2. The zero-order chi connectivity index (χ0) is 10.2. The lowest BCUT2D eigenvalue weighted by Gasteiger charge is -1.95. The average Bonchev–Trinajstić information content (AvgIpc) is 2.20. The van der Waals surface area contributed by atoms with Gasteiger partial charge in [-0.05, 0) is 12.5 Å². The summed E-state index contributed by atoms with van der Waals surface area (Å²) in [5.74, 6) is 0. The summed E-state index contributed by atoms with van der Waals surface area (Å²) in [6.45, 7) is 2.12. The summed E-state index contributed by atoms with van der Waals surface area (Å²) in [5.41, 5.74) is 1.13. The third-order valence-corrected chi connectivity index (χ3v) is 1.63. The van der Waals surface area contributed by atoms with Crippen LogP contribution >= 0.6 is 0 Å². The van der Waals surface area contributed by atoms with Crippen molar-refractivity contribution in [2.75, 3.05) is 6.61 Å². The van der Waals surface area contributed by atoms with Crippen LogP contribution in [0.3, 0.4) is 0 Å². The van der Waals surface area contributed by atoms with Crippen molar-refractivity contribution in [2.45, 2.75) is 13.3 Å². The standard InChI is InChI=1S/C11H13NO2/c1-2-14-11(13)12-9-8-10-6-4-3-5-7-10/h3-7,9H,2,8H2,1H3. The normalized spacial score (nSPS) is 10.4. The molecule has 0 N–H and O–H groups in total. The molecule has 0 saturated heterocycles. The molecular weight excluding hydrogens is 178 g/mol. The molecule has 0 radical (unpaired) electrons. The Morgan fingerprint density at radius 1 is 1.43 bits per heavy atom. The molecule has 0 aromatic heterocycles. The van der Waals surface area contributed by atoms with Crippen LogP contribution in [0.2, 0.25) is 0 Å². The number of hydrogen-bond donors (Lipinski definition) is 0. The molecule has 0 aliphatic rings. The van der Waals surface area contributed by atoms with Crippen LogP contribution in [0.4, 0.5) is 4.79 Å². The van der Waals surface area contributed by atoms with Gasteiger partial charge in [0.1, 0.15) is 0 Å². The van der Waals surface area contributed by atoms with Crippen LogP contribution in [0.1, 0.15) is 12.5 Å². The quantitative estimate of drug-likeness (QED) is 0.688. The highest BCUT2D eigenvalue weighted by atomic mass is 16.5. The van der Waals surface area contributed by atoms with Gasteiger partial charge in [0.25, 0.3) is 0 Å². The highest BCUT2D eigenvalue weighted by molar-refractivity contribution is 5.80. The fraction of sp³-hybridized carbons (Fsp3) is 0.273. The molecule has 0 unspecified atom stereocenters. The minimum Gasteiger partial charge on any atom is -0.448 e. The summed E-state index contributed by atoms with van der Waals surface area (Å²) >= 11 is 0. The Morgan fingerprint density at radius 3 is 2.79 bits per heavy atom. The first kappa shape index (κ1) is 10.4. The van der Waals surface area contributed by atoms with Crippen molar-refractivity contribution in [2.24, 2.45) is 4.99 Å². The zero-order valence-electron chi connectivity index (χ0n) is 8.14. The van der Waals surface area contributed by atoms with E-state index in [1.807, 2.05) is 30.3 Å². The van der Waals surface area contributed by atoms with Gasteiger partial charge in [-0.2, -0.15) is 4.99 Å². The van der Waals surface area contributed by atoms with Crippen molar-refractivity contribution in [1.82, 2.24) is 0 Å². The van der Waals surface area contributed by atoms with E-state index in [2.05, 4.69) is 9.73 Å². The first-order valence-corrected chi connectivity index (χ1v) is 4.56. The number of rotatable bonds is 3. The van der Waals surface area contributed by atoms with Gasteiger partial charge in [-0.15, -0.1) is 0 Å². The lowest BCUT2D eigenvalue weighted by Crippen LogP contribution is -1.98. The van der Waals surface area contributed by atoms with Gasteiger partial charge in [0, 0.05) is 12.6 Å². The van der Waals surface area contributed by atoms with Gasteiger partial charge in [0.05, 0.1) is 6.61 Å². The molecule has 0 aliphatic carbocycles. The summed E-state index contributed by atoms with van der Waals surface area (Å²) in [5, 5.41) is 0. The van der Waals surface area contributed by atoms with E-state index in [0.29, 0.717) is 13.0 Å². The largest absolute Gasteiger partial charge is 0.448 e. The van der Waals surface area contributed by atoms with Crippen molar-refractivity contribution in [1.29, 1.82) is 0 Å². The number of carbonyl (C=O) groups excluding carboxylic acids is 1. The third-order valence-electron chi connectivity index (χ3n) is 1.63. The van der Waals surface area contributed by atoms with E-state index in [1.54, 1.807) is 13.1 Å². The Hall–Kier alpha value is -1.64. The van der Waals surface area contributed by atoms with Crippen LogP contribution in [-0.4, -0.2) is 18.9 Å². The molecule has 1 amide bonds. The molecule has 3 nitrogen and oxygen atoms in total. The van der Waals surface area contributed by atoms with Gasteiger partial charge in [-0.25, -0.2) is 4.79 Å². The molecule has 1 rings (SSSR count). The first-order chi connectivity index (χ1) is 6.83. The predicted octanol–water partition coefficient (Wildman–Crippen LogP) is 2.46. The second kappa shape index (κ2) is 5.91. The number of benzene rings is 1. The maximum atomic E-state index is 10.8. The molecule has 14 heavy (non-hydrogen) atoms. The van der Waals surface area contributed by atoms with Gasteiger partial charge in [-0.3, -0.25) is 0 Å². The number of amides is 1. The highest BCUT2D eigenvalue weighted by Gasteiger charge is 1.93. The first-order valence-electron chi connectivity index (χ1n) is 4.56. The molecule has 1 aromatic rings. The van der Waals surface area contributed by atoms with Crippen molar-refractivity contribution in [3.63, 3.8) is 0 Å². The van der Waals surface area contributed by atoms with Gasteiger partial charge >= 0.3 is 6.09 Å². The molecule has 0 spiro atoms. The van der Waals surface area contributed by atoms with E-state index in [4.69, 9.17) is 0 Å². The Kier molecular flexibility index (Phi) is 4.41. The Bertz CT molecular complexity index is 306. The van der Waals surface area contributed by atoms with Crippen LogP contribution in [0.5, 0.6) is 0 Å².